The van der Waals surface area contributed by atoms with Gasteiger partial charge in [-0.2, -0.15) is 0 Å². The number of hydrogen-bond acceptors (Lipinski definition) is 2. The maximum absolute atomic E-state index is 11.9. The zero-order valence-electron chi connectivity index (χ0n) is 11.9. The highest BCUT2D eigenvalue weighted by Gasteiger charge is 2.24. The fraction of sp³-hybridized carbons (Fsp3) is 0.438. The second kappa shape index (κ2) is 7.83. The Bertz CT molecular complexity index is 511. The molecule has 0 radical (unpaired) electrons. The molecular weight excluding hydrogens is 307 g/mol. The number of piperidine rings is 1. The number of benzene rings is 1. The van der Waals surface area contributed by atoms with E-state index < -0.39 is 0 Å². The van der Waals surface area contributed by atoms with Gasteiger partial charge in [0.05, 0.1) is 10.0 Å². The number of nitrogens with zero attached hydrogens (tertiary/aromatic N) is 1. The summed E-state index contributed by atoms with van der Waals surface area (Å²) >= 11 is 12.0. The quantitative estimate of drug-likeness (QED) is 0.840. The minimum absolute atomic E-state index is 0.120. The first kappa shape index (κ1) is 16.3. The van der Waals surface area contributed by atoms with Crippen molar-refractivity contribution < 1.29 is 4.79 Å². The van der Waals surface area contributed by atoms with Crippen LogP contribution in [0.25, 0.3) is 0 Å². The van der Waals surface area contributed by atoms with Gasteiger partial charge >= 0.3 is 0 Å². The van der Waals surface area contributed by atoms with E-state index in [0.29, 0.717) is 16.6 Å². The third-order valence-corrected chi connectivity index (χ3v) is 4.51. The Kier molecular flexibility index (Phi) is 6.09. The molecule has 1 amide bonds. The molecule has 1 fully saturated rings. The van der Waals surface area contributed by atoms with Gasteiger partial charge in [-0.15, -0.1) is 6.58 Å². The summed E-state index contributed by atoms with van der Waals surface area (Å²) in [6, 6.07) is 5.73. The molecule has 1 heterocycles. The predicted octanol–water partition coefficient (Wildman–Crippen LogP) is 3.51. The molecule has 0 atom stereocenters. The van der Waals surface area contributed by atoms with Crippen molar-refractivity contribution in [2.45, 2.75) is 19.4 Å². The van der Waals surface area contributed by atoms with Crippen LogP contribution in [0.3, 0.4) is 0 Å². The Hall–Kier alpha value is -1.03. The molecule has 1 aliphatic heterocycles. The van der Waals surface area contributed by atoms with Crippen molar-refractivity contribution in [2.24, 2.45) is 5.92 Å². The molecule has 2 rings (SSSR count). The average molecular weight is 327 g/mol. The van der Waals surface area contributed by atoms with Crippen LogP contribution in [-0.4, -0.2) is 30.4 Å². The van der Waals surface area contributed by atoms with E-state index in [4.69, 9.17) is 23.2 Å². The molecule has 0 bridgehead atoms. The SMILES string of the molecule is C=CCNC(=O)C1CCN(Cc2ccc(Cl)c(Cl)c2)CC1. The Balaban J connectivity index is 1.82. The maximum Gasteiger partial charge on any atom is 0.223 e. The van der Waals surface area contributed by atoms with E-state index >= 15 is 0 Å². The third-order valence-electron chi connectivity index (χ3n) is 3.77. The highest BCUT2D eigenvalue weighted by molar-refractivity contribution is 6.42. The van der Waals surface area contributed by atoms with Gasteiger partial charge in [0.1, 0.15) is 0 Å². The summed E-state index contributed by atoms with van der Waals surface area (Å²) in [7, 11) is 0. The molecule has 0 saturated carbocycles. The molecule has 0 unspecified atom stereocenters. The summed E-state index contributed by atoms with van der Waals surface area (Å²) in [6.07, 6.45) is 3.49. The highest BCUT2D eigenvalue weighted by Crippen LogP contribution is 2.24. The summed E-state index contributed by atoms with van der Waals surface area (Å²) in [4.78, 5) is 14.2. The van der Waals surface area contributed by atoms with Crippen molar-refractivity contribution in [1.82, 2.24) is 10.2 Å². The Morgan fingerprint density at radius 1 is 1.33 bits per heavy atom. The number of hydrogen-bond donors (Lipinski definition) is 1. The molecule has 3 nitrogen and oxygen atoms in total. The molecule has 1 saturated heterocycles. The van der Waals surface area contributed by atoms with Crippen molar-refractivity contribution in [3.63, 3.8) is 0 Å². The van der Waals surface area contributed by atoms with Gasteiger partial charge in [0.25, 0.3) is 0 Å². The number of carbonyl (C=O) groups excluding carboxylic acids is 1. The minimum Gasteiger partial charge on any atom is -0.352 e. The molecule has 5 heteroatoms. The first-order chi connectivity index (χ1) is 10.1. The molecule has 0 aliphatic carbocycles. The van der Waals surface area contributed by atoms with Crippen molar-refractivity contribution in [3.8, 4) is 0 Å². The number of amides is 1. The average Bonchev–Trinajstić information content (AvgIpc) is 2.49. The Morgan fingerprint density at radius 2 is 2.05 bits per heavy atom. The van der Waals surface area contributed by atoms with E-state index in [0.717, 1.165) is 38.0 Å². The van der Waals surface area contributed by atoms with Crippen LogP contribution >= 0.6 is 23.2 Å². The molecule has 0 spiro atoms. The van der Waals surface area contributed by atoms with Gasteiger partial charge in [0, 0.05) is 19.0 Å². The van der Waals surface area contributed by atoms with E-state index in [1.807, 2.05) is 18.2 Å². The van der Waals surface area contributed by atoms with Gasteiger partial charge in [-0.25, -0.2) is 0 Å². The third kappa shape index (κ3) is 4.73. The fourth-order valence-corrected chi connectivity index (χ4v) is 2.89. The molecule has 1 N–H and O–H groups in total. The van der Waals surface area contributed by atoms with Gasteiger partial charge in [-0.05, 0) is 43.6 Å². The Morgan fingerprint density at radius 3 is 2.67 bits per heavy atom. The fourth-order valence-electron chi connectivity index (χ4n) is 2.57. The van der Waals surface area contributed by atoms with Crippen molar-refractivity contribution in [1.29, 1.82) is 0 Å². The largest absolute Gasteiger partial charge is 0.352 e. The number of rotatable bonds is 5. The second-order valence-corrected chi connectivity index (χ2v) is 6.15. The van der Waals surface area contributed by atoms with Crippen molar-refractivity contribution in [3.05, 3.63) is 46.5 Å². The monoisotopic (exact) mass is 326 g/mol. The van der Waals surface area contributed by atoms with Crippen LogP contribution in [0.5, 0.6) is 0 Å². The van der Waals surface area contributed by atoms with Crippen LogP contribution in [0.15, 0.2) is 30.9 Å². The first-order valence-corrected chi connectivity index (χ1v) is 7.90. The van der Waals surface area contributed by atoms with E-state index in [9.17, 15) is 4.79 Å². The van der Waals surface area contributed by atoms with E-state index in [1.54, 1.807) is 6.08 Å². The van der Waals surface area contributed by atoms with E-state index in [1.165, 1.54) is 0 Å². The summed E-state index contributed by atoms with van der Waals surface area (Å²) in [5.74, 6) is 0.263. The zero-order chi connectivity index (χ0) is 15.2. The molecule has 1 aliphatic rings. The van der Waals surface area contributed by atoms with Crippen molar-refractivity contribution >= 4 is 29.1 Å². The molecule has 21 heavy (non-hydrogen) atoms. The van der Waals surface area contributed by atoms with E-state index in [-0.39, 0.29) is 11.8 Å². The number of halogens is 2. The van der Waals surface area contributed by atoms with Crippen molar-refractivity contribution in [2.75, 3.05) is 19.6 Å². The van der Waals surface area contributed by atoms with Crippen LogP contribution in [-0.2, 0) is 11.3 Å². The maximum atomic E-state index is 11.9. The molecule has 114 valence electrons. The summed E-state index contributed by atoms with van der Waals surface area (Å²) in [6.45, 7) is 6.84. The highest BCUT2D eigenvalue weighted by atomic mass is 35.5. The lowest BCUT2D eigenvalue weighted by Crippen LogP contribution is -2.40. The van der Waals surface area contributed by atoms with Crippen LogP contribution in [0.4, 0.5) is 0 Å². The lowest BCUT2D eigenvalue weighted by atomic mass is 9.95. The first-order valence-electron chi connectivity index (χ1n) is 7.15. The number of nitrogens with one attached hydrogen (secondary N) is 1. The molecule has 1 aromatic carbocycles. The smallest absolute Gasteiger partial charge is 0.223 e. The second-order valence-electron chi connectivity index (χ2n) is 5.33. The van der Waals surface area contributed by atoms with Gasteiger partial charge in [-0.3, -0.25) is 9.69 Å². The molecular formula is C16H20Cl2N2O. The normalized spacial score (nSPS) is 16.7. The summed E-state index contributed by atoms with van der Waals surface area (Å²) < 4.78 is 0. The van der Waals surface area contributed by atoms with Gasteiger partial charge in [0.2, 0.25) is 5.91 Å². The van der Waals surface area contributed by atoms with Crippen LogP contribution < -0.4 is 5.32 Å². The van der Waals surface area contributed by atoms with Gasteiger partial charge < -0.3 is 5.32 Å². The Labute approximate surface area is 135 Å². The van der Waals surface area contributed by atoms with E-state index in [2.05, 4.69) is 16.8 Å². The zero-order valence-corrected chi connectivity index (χ0v) is 13.5. The standard InChI is InChI=1S/C16H20Cl2N2O/c1-2-7-19-16(21)13-5-8-20(9-6-13)11-12-3-4-14(17)15(18)10-12/h2-4,10,13H,1,5-9,11H2,(H,19,21). The topological polar surface area (TPSA) is 32.3 Å². The van der Waals surface area contributed by atoms with Gasteiger partial charge in [0.15, 0.2) is 0 Å². The van der Waals surface area contributed by atoms with Crippen LogP contribution in [0.2, 0.25) is 10.0 Å². The lowest BCUT2D eigenvalue weighted by Gasteiger charge is -2.31. The van der Waals surface area contributed by atoms with Crippen LogP contribution in [0.1, 0.15) is 18.4 Å². The molecule has 1 aromatic rings. The van der Waals surface area contributed by atoms with Gasteiger partial charge in [-0.1, -0.05) is 35.3 Å². The van der Waals surface area contributed by atoms with Crippen LogP contribution in [0, 0.1) is 5.92 Å². The number of carbonyl (C=O) groups is 1. The minimum atomic E-state index is 0.120. The predicted molar refractivity (Wildman–Crippen MR) is 87.7 cm³/mol. The summed E-state index contributed by atoms with van der Waals surface area (Å²) in [5, 5.41) is 4.04. The number of likely N-dealkylation sites (tertiary alicyclic amines) is 1. The lowest BCUT2D eigenvalue weighted by molar-refractivity contribution is -0.126. The molecule has 0 aromatic heterocycles. The summed E-state index contributed by atoms with van der Waals surface area (Å²) in [5.41, 5.74) is 1.15.